The zero-order valence-corrected chi connectivity index (χ0v) is 22.0. The van der Waals surface area contributed by atoms with E-state index in [0.29, 0.717) is 25.5 Å². The normalized spacial score (nSPS) is 17.6. The van der Waals surface area contributed by atoms with E-state index in [2.05, 4.69) is 20.1 Å². The molecule has 6 rings (SSSR count). The number of nitrogen functional groups attached to an aromatic ring is 1. The second-order valence-corrected chi connectivity index (χ2v) is 10.7. The SMILES string of the molecule is Nc1cc(Cn2c(=O)n(C3CCN(C(=O)C4CCN(Cc5ccnnc5)CC4)CC3)c3ccccc32)ccn1. The summed E-state index contributed by atoms with van der Waals surface area (Å²) in [4.78, 5) is 35.5. The molecule has 1 amide bonds. The van der Waals surface area contributed by atoms with Crippen molar-refractivity contribution in [1.29, 1.82) is 0 Å². The van der Waals surface area contributed by atoms with E-state index in [0.717, 1.165) is 67.5 Å². The molecule has 2 N–H and O–H groups in total. The van der Waals surface area contributed by atoms with E-state index >= 15 is 0 Å². The molecule has 0 saturated carbocycles. The van der Waals surface area contributed by atoms with Gasteiger partial charge in [-0.25, -0.2) is 9.78 Å². The van der Waals surface area contributed by atoms with Crippen LogP contribution in [0.15, 0.2) is 65.8 Å². The summed E-state index contributed by atoms with van der Waals surface area (Å²) in [5.41, 5.74) is 9.79. The Bertz CT molecular complexity index is 1500. The Morgan fingerprint density at radius 2 is 1.62 bits per heavy atom. The molecule has 0 unspecified atom stereocenters. The zero-order chi connectivity index (χ0) is 26.8. The van der Waals surface area contributed by atoms with Crippen LogP contribution < -0.4 is 11.4 Å². The van der Waals surface area contributed by atoms with Gasteiger partial charge in [-0.3, -0.25) is 18.8 Å². The number of carbonyl (C=O) groups excluding carboxylic acids is 1. The van der Waals surface area contributed by atoms with Crippen LogP contribution >= 0.6 is 0 Å². The first-order valence-corrected chi connectivity index (χ1v) is 13.7. The van der Waals surface area contributed by atoms with Crippen LogP contribution in [0.5, 0.6) is 0 Å². The minimum atomic E-state index is -0.0203. The molecular formula is C29H34N8O2. The maximum absolute atomic E-state index is 13.7. The third-order valence-electron chi connectivity index (χ3n) is 8.19. The molecule has 2 aliphatic rings. The Balaban J connectivity index is 1.10. The van der Waals surface area contributed by atoms with Crippen molar-refractivity contribution in [3.8, 4) is 0 Å². The van der Waals surface area contributed by atoms with Gasteiger partial charge in [0.1, 0.15) is 5.82 Å². The van der Waals surface area contributed by atoms with Gasteiger partial charge in [0.05, 0.1) is 23.8 Å². The Morgan fingerprint density at radius 1 is 0.872 bits per heavy atom. The van der Waals surface area contributed by atoms with E-state index in [1.54, 1.807) is 18.6 Å². The molecule has 0 aliphatic carbocycles. The average molecular weight is 527 g/mol. The van der Waals surface area contributed by atoms with Crippen LogP contribution in [-0.2, 0) is 17.9 Å². The second-order valence-electron chi connectivity index (χ2n) is 10.7. The number of para-hydroxylation sites is 2. The number of amides is 1. The van der Waals surface area contributed by atoms with Gasteiger partial charge in [0.15, 0.2) is 0 Å². The van der Waals surface area contributed by atoms with Crippen LogP contribution in [0, 0.1) is 5.92 Å². The minimum absolute atomic E-state index is 0.0203. The number of nitrogens with zero attached hydrogens (tertiary/aromatic N) is 7. The van der Waals surface area contributed by atoms with Crippen molar-refractivity contribution in [1.82, 2.24) is 34.1 Å². The van der Waals surface area contributed by atoms with E-state index in [9.17, 15) is 9.59 Å². The fourth-order valence-electron chi connectivity index (χ4n) is 6.12. The molecule has 202 valence electrons. The van der Waals surface area contributed by atoms with Gasteiger partial charge in [-0.2, -0.15) is 10.2 Å². The standard InChI is InChI=1S/C29H34N8O2/c30-27-17-21(5-11-31-27)20-36-25-3-1-2-4-26(25)37(29(36)39)24-9-15-35(16-10-24)28(38)23-7-13-34(14-8-23)19-22-6-12-32-33-18-22/h1-6,11-12,17-18,23-24H,7-10,13-16,19-20H2,(H2,30,31). The van der Waals surface area contributed by atoms with Crippen molar-refractivity contribution in [2.24, 2.45) is 5.92 Å². The first-order valence-electron chi connectivity index (χ1n) is 13.7. The van der Waals surface area contributed by atoms with E-state index in [1.807, 2.05) is 56.5 Å². The summed E-state index contributed by atoms with van der Waals surface area (Å²) >= 11 is 0. The number of rotatable bonds is 6. The van der Waals surface area contributed by atoms with E-state index in [4.69, 9.17) is 5.73 Å². The summed E-state index contributed by atoms with van der Waals surface area (Å²) in [6, 6.07) is 13.7. The maximum Gasteiger partial charge on any atom is 0.329 e. The Kier molecular flexibility index (Phi) is 7.10. The minimum Gasteiger partial charge on any atom is -0.384 e. The highest BCUT2D eigenvalue weighted by atomic mass is 16.2. The number of carbonyl (C=O) groups is 1. The number of aromatic nitrogens is 5. The lowest BCUT2D eigenvalue weighted by Gasteiger charge is -2.37. The smallest absolute Gasteiger partial charge is 0.329 e. The molecule has 2 aliphatic heterocycles. The molecule has 39 heavy (non-hydrogen) atoms. The van der Waals surface area contributed by atoms with Gasteiger partial charge in [0, 0.05) is 44.0 Å². The van der Waals surface area contributed by atoms with Crippen LogP contribution in [0.3, 0.4) is 0 Å². The van der Waals surface area contributed by atoms with Crippen molar-refractivity contribution in [2.45, 2.75) is 44.8 Å². The highest BCUT2D eigenvalue weighted by Gasteiger charge is 2.32. The summed E-state index contributed by atoms with van der Waals surface area (Å²) in [5.74, 6) is 0.785. The van der Waals surface area contributed by atoms with E-state index < -0.39 is 0 Å². The molecule has 4 aromatic rings. The van der Waals surface area contributed by atoms with Crippen molar-refractivity contribution in [3.63, 3.8) is 0 Å². The highest BCUT2D eigenvalue weighted by molar-refractivity contribution is 5.79. The Hall–Kier alpha value is -4.05. The summed E-state index contributed by atoms with van der Waals surface area (Å²) < 4.78 is 3.76. The summed E-state index contributed by atoms with van der Waals surface area (Å²) in [6.45, 7) is 4.46. The molecule has 2 fully saturated rings. The first kappa shape index (κ1) is 25.2. The summed E-state index contributed by atoms with van der Waals surface area (Å²) in [6.07, 6.45) is 8.50. The number of anilines is 1. The van der Waals surface area contributed by atoms with E-state index in [1.165, 1.54) is 0 Å². The van der Waals surface area contributed by atoms with Gasteiger partial charge in [-0.1, -0.05) is 12.1 Å². The number of piperidine rings is 2. The maximum atomic E-state index is 13.7. The topological polar surface area (TPSA) is 115 Å². The molecule has 10 heteroatoms. The van der Waals surface area contributed by atoms with Crippen LogP contribution in [0.25, 0.3) is 11.0 Å². The molecule has 1 aromatic carbocycles. The lowest BCUT2D eigenvalue weighted by Crippen LogP contribution is -2.46. The second kappa shape index (κ2) is 11.0. The Morgan fingerprint density at radius 3 is 2.33 bits per heavy atom. The van der Waals surface area contributed by atoms with Crippen LogP contribution in [0.1, 0.15) is 42.9 Å². The molecule has 3 aromatic heterocycles. The number of benzene rings is 1. The zero-order valence-electron chi connectivity index (χ0n) is 22.0. The van der Waals surface area contributed by atoms with E-state index in [-0.39, 0.29) is 23.6 Å². The quantitative estimate of drug-likeness (QED) is 0.411. The van der Waals surface area contributed by atoms with Gasteiger partial charge in [-0.05, 0) is 80.2 Å². The van der Waals surface area contributed by atoms with Gasteiger partial charge < -0.3 is 10.6 Å². The van der Waals surface area contributed by atoms with Crippen molar-refractivity contribution < 1.29 is 4.79 Å². The number of fused-ring (bicyclic) bond motifs is 1. The molecule has 0 radical (unpaired) electrons. The molecule has 10 nitrogen and oxygen atoms in total. The summed E-state index contributed by atoms with van der Waals surface area (Å²) in [7, 11) is 0. The molecule has 0 bridgehead atoms. The molecular weight excluding hydrogens is 492 g/mol. The van der Waals surface area contributed by atoms with Crippen LogP contribution in [0.2, 0.25) is 0 Å². The van der Waals surface area contributed by atoms with Gasteiger partial charge in [0.2, 0.25) is 5.91 Å². The van der Waals surface area contributed by atoms with Crippen LogP contribution in [0.4, 0.5) is 5.82 Å². The Labute approximate surface area is 227 Å². The highest BCUT2D eigenvalue weighted by Crippen LogP contribution is 2.29. The largest absolute Gasteiger partial charge is 0.384 e. The van der Waals surface area contributed by atoms with Crippen molar-refractivity contribution in [2.75, 3.05) is 31.9 Å². The number of likely N-dealkylation sites (tertiary alicyclic amines) is 2. The first-order chi connectivity index (χ1) is 19.1. The number of hydrogen-bond donors (Lipinski definition) is 1. The lowest BCUT2D eigenvalue weighted by molar-refractivity contribution is -0.138. The third-order valence-corrected chi connectivity index (χ3v) is 8.19. The molecule has 0 spiro atoms. The molecule has 5 heterocycles. The van der Waals surface area contributed by atoms with Crippen molar-refractivity contribution >= 4 is 22.8 Å². The van der Waals surface area contributed by atoms with Crippen molar-refractivity contribution in [3.05, 3.63) is 82.7 Å². The molecule has 2 saturated heterocycles. The number of pyridine rings is 1. The van der Waals surface area contributed by atoms with Crippen LogP contribution in [-0.4, -0.2) is 66.2 Å². The fraction of sp³-hybridized carbons (Fsp3) is 0.414. The monoisotopic (exact) mass is 526 g/mol. The number of imidazole rings is 1. The lowest BCUT2D eigenvalue weighted by atomic mass is 9.93. The summed E-state index contributed by atoms with van der Waals surface area (Å²) in [5, 5.41) is 7.81. The predicted molar refractivity (Wildman–Crippen MR) is 149 cm³/mol. The van der Waals surface area contributed by atoms with Gasteiger partial charge >= 0.3 is 5.69 Å². The number of nitrogens with two attached hydrogens (primary N) is 1. The third kappa shape index (κ3) is 5.29. The fourth-order valence-corrected chi connectivity index (χ4v) is 6.12. The number of hydrogen-bond acceptors (Lipinski definition) is 7. The van der Waals surface area contributed by atoms with Gasteiger partial charge in [0.25, 0.3) is 0 Å². The predicted octanol–water partition coefficient (Wildman–Crippen LogP) is 2.69. The molecule has 0 atom stereocenters. The van der Waals surface area contributed by atoms with Gasteiger partial charge in [-0.15, -0.1) is 0 Å². The average Bonchev–Trinajstić information content (AvgIpc) is 3.24.